The number of allylic oxidation sites excluding steroid dienone is 1. The number of hydrogen-bond acceptors (Lipinski definition) is 7. The van der Waals surface area contributed by atoms with Crippen LogP contribution in [0.2, 0.25) is 0 Å². The van der Waals surface area contributed by atoms with Gasteiger partial charge in [0.05, 0.1) is 5.71 Å². The van der Waals surface area contributed by atoms with Crippen molar-refractivity contribution in [3.8, 4) is 11.5 Å². The Kier molecular flexibility index (Phi) is 10.4. The zero-order chi connectivity index (χ0) is 25.0. The lowest BCUT2D eigenvalue weighted by molar-refractivity contribution is -0.137. The maximum atomic E-state index is 13.1. The van der Waals surface area contributed by atoms with Crippen molar-refractivity contribution in [2.75, 3.05) is 19.7 Å². The Morgan fingerprint density at radius 1 is 1.14 bits per heavy atom. The number of esters is 1. The van der Waals surface area contributed by atoms with Gasteiger partial charge in [0, 0.05) is 32.0 Å². The second-order valence-corrected chi connectivity index (χ2v) is 9.32. The standard InChI is InChI=1S/C27H38N2O6/c1-2-11-23-13-8-5-3-4-7-12-21(28-34-19-25(32)29-14-9-6-10-15-29)16-20-17-22(30)18-24(31)26(20)27(33)35-23/h5,8,17-18,23,30-31H,2-4,6-7,9-16,19H2,1H3/b8-5+,28-21?. The summed E-state index contributed by atoms with van der Waals surface area (Å²) >= 11 is 0. The number of phenolic OH excluding ortho intramolecular Hbond substituents is 2. The van der Waals surface area contributed by atoms with Gasteiger partial charge in [-0.1, -0.05) is 30.7 Å². The van der Waals surface area contributed by atoms with E-state index >= 15 is 0 Å². The summed E-state index contributed by atoms with van der Waals surface area (Å²) in [5.74, 6) is -1.18. The fraction of sp³-hybridized carbons (Fsp3) is 0.593. The van der Waals surface area contributed by atoms with Gasteiger partial charge in [-0.25, -0.2) is 4.79 Å². The number of ether oxygens (including phenoxy) is 1. The molecule has 0 saturated carbocycles. The maximum absolute atomic E-state index is 13.1. The molecule has 2 aliphatic rings. The second kappa shape index (κ2) is 13.8. The van der Waals surface area contributed by atoms with Crippen molar-refractivity contribution in [3.63, 3.8) is 0 Å². The molecule has 1 fully saturated rings. The van der Waals surface area contributed by atoms with Gasteiger partial charge >= 0.3 is 5.97 Å². The smallest absolute Gasteiger partial charge is 0.342 e. The van der Waals surface area contributed by atoms with Gasteiger partial charge in [-0.2, -0.15) is 0 Å². The summed E-state index contributed by atoms with van der Waals surface area (Å²) in [5.41, 5.74) is 1.09. The predicted octanol–water partition coefficient (Wildman–Crippen LogP) is 4.87. The molecule has 1 unspecified atom stereocenters. The number of hydrogen-bond donors (Lipinski definition) is 2. The number of benzene rings is 1. The van der Waals surface area contributed by atoms with Crippen LogP contribution in [0.4, 0.5) is 0 Å². The molecule has 2 aliphatic heterocycles. The van der Waals surface area contributed by atoms with Crippen LogP contribution < -0.4 is 0 Å². The summed E-state index contributed by atoms with van der Waals surface area (Å²) in [6.45, 7) is 3.40. The summed E-state index contributed by atoms with van der Waals surface area (Å²) in [6.07, 6.45) is 12.8. The zero-order valence-electron chi connectivity index (χ0n) is 20.7. The molecule has 0 aliphatic carbocycles. The van der Waals surface area contributed by atoms with Gasteiger partial charge in [0.25, 0.3) is 5.91 Å². The Balaban J connectivity index is 1.81. The Morgan fingerprint density at radius 2 is 1.94 bits per heavy atom. The fourth-order valence-electron chi connectivity index (χ4n) is 4.56. The van der Waals surface area contributed by atoms with Crippen LogP contribution in [-0.2, 0) is 20.8 Å². The number of nitrogens with zero attached hydrogens (tertiary/aromatic N) is 2. The molecule has 0 radical (unpaired) electrons. The maximum Gasteiger partial charge on any atom is 0.342 e. The number of piperidine rings is 1. The van der Waals surface area contributed by atoms with Crippen molar-refractivity contribution in [1.29, 1.82) is 0 Å². The van der Waals surface area contributed by atoms with Crippen LogP contribution in [0.15, 0.2) is 29.4 Å². The molecular weight excluding hydrogens is 448 g/mol. The molecule has 1 aromatic rings. The first kappa shape index (κ1) is 26.6. The lowest BCUT2D eigenvalue weighted by atomic mass is 9.97. The number of amides is 1. The minimum atomic E-state index is -0.623. The minimum Gasteiger partial charge on any atom is -0.508 e. The van der Waals surface area contributed by atoms with Crippen molar-refractivity contribution in [2.24, 2.45) is 5.16 Å². The van der Waals surface area contributed by atoms with E-state index in [1.54, 1.807) is 4.90 Å². The number of fused-ring (bicyclic) bond motifs is 1. The summed E-state index contributed by atoms with van der Waals surface area (Å²) in [4.78, 5) is 32.8. The van der Waals surface area contributed by atoms with Gasteiger partial charge in [-0.15, -0.1) is 0 Å². The minimum absolute atomic E-state index is 0.0297. The molecule has 1 amide bonds. The summed E-state index contributed by atoms with van der Waals surface area (Å²) in [6, 6.07) is 2.59. The van der Waals surface area contributed by atoms with E-state index in [2.05, 4.69) is 11.2 Å². The third kappa shape index (κ3) is 8.30. The molecule has 0 aromatic heterocycles. The van der Waals surface area contributed by atoms with Crippen LogP contribution in [0.3, 0.4) is 0 Å². The molecule has 0 bridgehead atoms. The van der Waals surface area contributed by atoms with Crippen molar-refractivity contribution in [2.45, 2.75) is 83.7 Å². The number of phenols is 2. The van der Waals surface area contributed by atoms with E-state index in [0.717, 1.165) is 70.5 Å². The Labute approximate surface area is 207 Å². The number of likely N-dealkylation sites (tertiary alicyclic amines) is 1. The molecule has 8 nitrogen and oxygen atoms in total. The molecule has 1 aromatic carbocycles. The lowest BCUT2D eigenvalue weighted by Crippen LogP contribution is -2.37. The van der Waals surface area contributed by atoms with E-state index in [0.29, 0.717) is 24.1 Å². The Hall–Kier alpha value is -3.03. The molecule has 1 saturated heterocycles. The van der Waals surface area contributed by atoms with E-state index in [9.17, 15) is 19.8 Å². The third-order valence-corrected chi connectivity index (χ3v) is 6.41. The van der Waals surface area contributed by atoms with Crippen LogP contribution in [0.25, 0.3) is 0 Å². The first-order valence-corrected chi connectivity index (χ1v) is 12.8. The van der Waals surface area contributed by atoms with Gasteiger partial charge in [-0.3, -0.25) is 4.79 Å². The highest BCUT2D eigenvalue weighted by atomic mass is 16.6. The van der Waals surface area contributed by atoms with E-state index in [1.165, 1.54) is 6.07 Å². The van der Waals surface area contributed by atoms with Crippen LogP contribution in [-0.4, -0.2) is 58.5 Å². The van der Waals surface area contributed by atoms with Crippen molar-refractivity contribution in [3.05, 3.63) is 35.4 Å². The van der Waals surface area contributed by atoms with Crippen LogP contribution in [0, 0.1) is 0 Å². The first-order chi connectivity index (χ1) is 17.0. The quantitative estimate of drug-likeness (QED) is 0.349. The highest BCUT2D eigenvalue weighted by Crippen LogP contribution is 2.30. The van der Waals surface area contributed by atoms with Crippen molar-refractivity contribution >= 4 is 17.6 Å². The van der Waals surface area contributed by atoms with E-state index in [-0.39, 0.29) is 42.1 Å². The molecule has 3 rings (SSSR count). The van der Waals surface area contributed by atoms with Gasteiger partial charge in [-0.05, 0) is 63.0 Å². The summed E-state index contributed by atoms with van der Waals surface area (Å²) in [5, 5.41) is 24.9. The molecule has 192 valence electrons. The number of rotatable bonds is 5. The van der Waals surface area contributed by atoms with Gasteiger partial charge < -0.3 is 24.7 Å². The average Bonchev–Trinajstić information content (AvgIpc) is 2.82. The zero-order valence-corrected chi connectivity index (χ0v) is 20.7. The number of aromatic hydroxyl groups is 2. The van der Waals surface area contributed by atoms with Crippen LogP contribution >= 0.6 is 0 Å². The molecule has 0 spiro atoms. The SMILES string of the molecule is CCCC1C/C=C/CCCCC(=NOCC(=O)N2CCCCC2)Cc2cc(O)cc(O)c2C(=O)O1. The van der Waals surface area contributed by atoms with E-state index in [4.69, 9.17) is 9.57 Å². The number of cyclic esters (lactones) is 1. The number of carbonyl (C=O) groups is 2. The van der Waals surface area contributed by atoms with Crippen LogP contribution in [0.1, 0.15) is 87.1 Å². The highest BCUT2D eigenvalue weighted by molar-refractivity contribution is 5.97. The lowest BCUT2D eigenvalue weighted by Gasteiger charge is -2.26. The summed E-state index contributed by atoms with van der Waals surface area (Å²) < 4.78 is 5.74. The Morgan fingerprint density at radius 3 is 2.71 bits per heavy atom. The Bertz CT molecular complexity index is 920. The molecule has 8 heteroatoms. The predicted molar refractivity (Wildman–Crippen MR) is 134 cm³/mol. The molecule has 35 heavy (non-hydrogen) atoms. The van der Waals surface area contributed by atoms with Crippen molar-refractivity contribution < 1.29 is 29.4 Å². The fourth-order valence-corrected chi connectivity index (χ4v) is 4.56. The first-order valence-electron chi connectivity index (χ1n) is 12.8. The number of carbonyl (C=O) groups excluding carboxylic acids is 2. The molecule has 2 heterocycles. The van der Waals surface area contributed by atoms with Gasteiger partial charge in [0.1, 0.15) is 23.2 Å². The molecule has 1 atom stereocenters. The summed E-state index contributed by atoms with van der Waals surface area (Å²) in [7, 11) is 0. The molecule has 2 N–H and O–H groups in total. The number of oxime groups is 1. The van der Waals surface area contributed by atoms with Gasteiger partial charge in [0.2, 0.25) is 0 Å². The van der Waals surface area contributed by atoms with Crippen LogP contribution in [0.5, 0.6) is 11.5 Å². The monoisotopic (exact) mass is 486 g/mol. The normalized spacial score (nSPS) is 22.1. The second-order valence-electron chi connectivity index (χ2n) is 9.32. The highest BCUT2D eigenvalue weighted by Gasteiger charge is 2.24. The van der Waals surface area contributed by atoms with E-state index in [1.807, 2.05) is 13.0 Å². The average molecular weight is 487 g/mol. The molecular formula is C27H38N2O6. The van der Waals surface area contributed by atoms with E-state index < -0.39 is 5.97 Å². The topological polar surface area (TPSA) is 109 Å². The van der Waals surface area contributed by atoms with Gasteiger partial charge in [0.15, 0.2) is 6.61 Å². The largest absolute Gasteiger partial charge is 0.508 e. The third-order valence-electron chi connectivity index (χ3n) is 6.41. The van der Waals surface area contributed by atoms with Crippen molar-refractivity contribution in [1.82, 2.24) is 4.90 Å².